The van der Waals surface area contributed by atoms with Crippen molar-refractivity contribution in [3.05, 3.63) is 12.2 Å². The minimum atomic E-state index is -0.725. The molecule has 5 amide bonds. The zero-order valence-corrected chi connectivity index (χ0v) is 16.4. The predicted octanol–water partition coefficient (Wildman–Crippen LogP) is 1.03. The van der Waals surface area contributed by atoms with Crippen LogP contribution in [0.1, 0.15) is 51.4 Å². The van der Waals surface area contributed by atoms with Crippen molar-refractivity contribution in [1.29, 1.82) is 0 Å². The van der Waals surface area contributed by atoms with Crippen molar-refractivity contribution in [2.24, 2.45) is 11.8 Å². The molecule has 0 aromatic rings. The van der Waals surface area contributed by atoms with E-state index in [1.165, 1.54) is 0 Å². The molecule has 0 unspecified atom stereocenters. The highest BCUT2D eigenvalue weighted by Gasteiger charge is 2.46. The molecule has 1 saturated carbocycles. The van der Waals surface area contributed by atoms with Crippen molar-refractivity contribution >= 4 is 29.7 Å². The number of carbonyl (C=O) groups is 5. The molecule has 2 atom stereocenters. The van der Waals surface area contributed by atoms with Crippen molar-refractivity contribution in [3.8, 4) is 0 Å². The molecule has 0 radical (unpaired) electrons. The van der Waals surface area contributed by atoms with E-state index in [1.54, 1.807) is 0 Å². The van der Waals surface area contributed by atoms with Crippen LogP contribution in [0.4, 0.5) is 4.79 Å². The Morgan fingerprint density at radius 1 is 1.00 bits per heavy atom. The summed E-state index contributed by atoms with van der Waals surface area (Å²) >= 11 is 0. The number of rotatable bonds is 6. The number of likely N-dealkylation sites (tertiary alicyclic amines) is 1. The van der Waals surface area contributed by atoms with E-state index in [1.807, 2.05) is 12.2 Å². The summed E-state index contributed by atoms with van der Waals surface area (Å²) in [6.07, 6.45) is 9.73. The van der Waals surface area contributed by atoms with E-state index in [4.69, 9.17) is 4.74 Å². The maximum Gasteiger partial charge on any atom is 0.321 e. The van der Waals surface area contributed by atoms with Crippen LogP contribution in [0.2, 0.25) is 0 Å². The van der Waals surface area contributed by atoms with Crippen LogP contribution in [0.25, 0.3) is 0 Å². The number of ether oxygens (including phenoxy) is 1. The van der Waals surface area contributed by atoms with Crippen LogP contribution in [-0.4, -0.2) is 53.8 Å². The predicted molar refractivity (Wildman–Crippen MR) is 101 cm³/mol. The molecule has 2 aliphatic carbocycles. The van der Waals surface area contributed by atoms with Crippen LogP contribution in [0.15, 0.2) is 12.2 Å². The molecule has 9 heteroatoms. The largest absolute Gasteiger partial charge is 0.456 e. The van der Waals surface area contributed by atoms with Gasteiger partial charge in [-0.3, -0.25) is 29.4 Å². The summed E-state index contributed by atoms with van der Waals surface area (Å²) in [7, 11) is 0. The van der Waals surface area contributed by atoms with E-state index in [-0.39, 0.29) is 42.7 Å². The molecule has 29 heavy (non-hydrogen) atoms. The fraction of sp³-hybridized carbons (Fsp3) is 0.650. The Balaban J connectivity index is 1.34. The second-order valence-electron chi connectivity index (χ2n) is 7.75. The Kier molecular flexibility index (Phi) is 7.00. The minimum Gasteiger partial charge on any atom is -0.456 e. The smallest absolute Gasteiger partial charge is 0.321 e. The first-order chi connectivity index (χ1) is 14.0. The van der Waals surface area contributed by atoms with Crippen molar-refractivity contribution < 1.29 is 28.7 Å². The highest BCUT2D eigenvalue weighted by molar-refractivity contribution is 6.05. The van der Waals surface area contributed by atoms with Gasteiger partial charge in [-0.15, -0.1) is 0 Å². The van der Waals surface area contributed by atoms with Gasteiger partial charge in [0, 0.05) is 12.6 Å². The summed E-state index contributed by atoms with van der Waals surface area (Å²) in [6.45, 7) is -0.652. The standard InChI is InChI=1S/C20H27N3O6/c24-16(22-20(28)21-13-6-2-1-3-7-13)12-29-17(25)10-11-23-18(26)14-8-4-5-9-15(14)19(23)27/h4-5,13-15H,1-3,6-12H2,(H2,21,22,24,28)/t14-,15+. The second kappa shape index (κ2) is 9.67. The highest BCUT2D eigenvalue weighted by Crippen LogP contribution is 2.34. The lowest BCUT2D eigenvalue weighted by Gasteiger charge is -2.22. The van der Waals surface area contributed by atoms with E-state index in [2.05, 4.69) is 10.6 Å². The van der Waals surface area contributed by atoms with Crippen molar-refractivity contribution in [3.63, 3.8) is 0 Å². The summed E-state index contributed by atoms with van der Waals surface area (Å²) in [6, 6.07) is -0.532. The lowest BCUT2D eigenvalue weighted by molar-refractivity contribution is -0.149. The quantitative estimate of drug-likeness (QED) is 0.387. The topological polar surface area (TPSA) is 122 Å². The molecule has 9 nitrogen and oxygen atoms in total. The first kappa shape index (κ1) is 21.0. The normalized spacial score (nSPS) is 24.2. The van der Waals surface area contributed by atoms with Gasteiger partial charge in [0.1, 0.15) is 0 Å². The summed E-state index contributed by atoms with van der Waals surface area (Å²) in [5.74, 6) is -2.61. The third-order valence-electron chi connectivity index (χ3n) is 5.70. The monoisotopic (exact) mass is 405 g/mol. The molecule has 158 valence electrons. The van der Waals surface area contributed by atoms with E-state index < -0.39 is 24.5 Å². The van der Waals surface area contributed by atoms with Gasteiger partial charge >= 0.3 is 12.0 Å². The number of nitrogens with one attached hydrogen (secondary N) is 2. The number of nitrogens with zero attached hydrogens (tertiary/aromatic N) is 1. The Morgan fingerprint density at radius 3 is 2.24 bits per heavy atom. The van der Waals surface area contributed by atoms with Crippen LogP contribution < -0.4 is 10.6 Å². The van der Waals surface area contributed by atoms with Crippen molar-refractivity contribution in [2.75, 3.05) is 13.2 Å². The van der Waals surface area contributed by atoms with E-state index >= 15 is 0 Å². The number of esters is 1. The number of hydrogen-bond acceptors (Lipinski definition) is 6. The van der Waals surface area contributed by atoms with Gasteiger partial charge < -0.3 is 10.1 Å². The molecule has 0 spiro atoms. The zero-order chi connectivity index (χ0) is 20.8. The number of hydrogen-bond donors (Lipinski definition) is 2. The summed E-state index contributed by atoms with van der Waals surface area (Å²) in [4.78, 5) is 61.2. The number of urea groups is 1. The molecule has 3 rings (SSSR count). The van der Waals surface area contributed by atoms with Crippen molar-refractivity contribution in [2.45, 2.75) is 57.4 Å². The molecule has 3 aliphatic rings. The molecule has 1 saturated heterocycles. The summed E-state index contributed by atoms with van der Waals surface area (Å²) in [5.41, 5.74) is 0. The van der Waals surface area contributed by atoms with E-state index in [9.17, 15) is 24.0 Å². The maximum absolute atomic E-state index is 12.3. The number of imide groups is 2. The van der Waals surface area contributed by atoms with Crippen LogP contribution >= 0.6 is 0 Å². The Hall–Kier alpha value is -2.71. The third kappa shape index (κ3) is 5.42. The van der Waals surface area contributed by atoms with E-state index in [0.29, 0.717) is 12.8 Å². The maximum atomic E-state index is 12.3. The van der Waals surface area contributed by atoms with Crippen LogP contribution in [-0.2, 0) is 23.9 Å². The SMILES string of the molecule is O=C(COC(=O)CCN1C(=O)[C@H]2CC=CC[C@H]2C1=O)NC(=O)NC1CCCCC1. The van der Waals surface area contributed by atoms with Gasteiger partial charge in [-0.2, -0.15) is 0 Å². The average Bonchev–Trinajstić information content (AvgIpc) is 2.96. The zero-order valence-electron chi connectivity index (χ0n) is 16.4. The van der Waals surface area contributed by atoms with Crippen LogP contribution in [0, 0.1) is 11.8 Å². The average molecular weight is 405 g/mol. The number of amides is 5. The van der Waals surface area contributed by atoms with Gasteiger partial charge in [-0.05, 0) is 25.7 Å². The Labute approximate surface area is 169 Å². The van der Waals surface area contributed by atoms with E-state index in [0.717, 1.165) is 37.0 Å². The third-order valence-corrected chi connectivity index (χ3v) is 5.70. The lowest BCUT2D eigenvalue weighted by Crippen LogP contribution is -2.46. The van der Waals surface area contributed by atoms with Crippen LogP contribution in [0.3, 0.4) is 0 Å². The van der Waals surface area contributed by atoms with Crippen molar-refractivity contribution in [1.82, 2.24) is 15.5 Å². The fourth-order valence-corrected chi connectivity index (χ4v) is 4.14. The number of fused-ring (bicyclic) bond motifs is 1. The molecule has 0 bridgehead atoms. The first-order valence-electron chi connectivity index (χ1n) is 10.2. The Morgan fingerprint density at radius 2 is 1.62 bits per heavy atom. The summed E-state index contributed by atoms with van der Waals surface area (Å²) < 4.78 is 4.85. The second-order valence-corrected chi connectivity index (χ2v) is 7.75. The van der Waals surface area contributed by atoms with Gasteiger partial charge in [-0.1, -0.05) is 31.4 Å². The Bertz CT molecular complexity index is 687. The number of allylic oxidation sites excluding steroid dienone is 2. The van der Waals surface area contributed by atoms with Gasteiger partial charge in [0.25, 0.3) is 5.91 Å². The van der Waals surface area contributed by atoms with Gasteiger partial charge in [-0.25, -0.2) is 4.79 Å². The molecule has 2 N–H and O–H groups in total. The molecular formula is C20H27N3O6. The van der Waals surface area contributed by atoms with Gasteiger partial charge in [0.05, 0.1) is 18.3 Å². The molecular weight excluding hydrogens is 378 g/mol. The first-order valence-corrected chi connectivity index (χ1v) is 10.2. The fourth-order valence-electron chi connectivity index (χ4n) is 4.14. The van der Waals surface area contributed by atoms with Gasteiger partial charge in [0.15, 0.2) is 6.61 Å². The molecule has 0 aromatic carbocycles. The highest BCUT2D eigenvalue weighted by atomic mass is 16.5. The molecule has 2 fully saturated rings. The van der Waals surface area contributed by atoms with Crippen LogP contribution in [0.5, 0.6) is 0 Å². The minimum absolute atomic E-state index is 0.0622. The summed E-state index contributed by atoms with van der Waals surface area (Å²) in [5, 5.41) is 4.87. The molecule has 1 aliphatic heterocycles. The molecule has 0 aromatic heterocycles. The lowest BCUT2D eigenvalue weighted by atomic mass is 9.85. The van der Waals surface area contributed by atoms with Gasteiger partial charge in [0.2, 0.25) is 11.8 Å². The number of carbonyl (C=O) groups excluding carboxylic acids is 5. The molecule has 1 heterocycles.